The molecule has 1 aromatic rings. The number of ether oxygens (including phenoxy) is 2. The minimum Gasteiger partial charge on any atom is -0.492 e. The molecule has 0 radical (unpaired) electrons. The smallest absolute Gasteiger partial charge is 0.194 e. The Bertz CT molecular complexity index is 449. The van der Waals surface area contributed by atoms with E-state index in [1.165, 1.54) is 6.42 Å². The number of hydrogen-bond donors (Lipinski definition) is 1. The number of nitrogens with two attached hydrogens (primary N) is 1. The molecule has 1 aliphatic carbocycles. The SMILES string of the molecule is CC(C)(OC1CCC1)C(=O)c1ccc(OCCN)cc1. The fourth-order valence-electron chi connectivity index (χ4n) is 2.19. The monoisotopic (exact) mass is 277 g/mol. The van der Waals surface area contributed by atoms with E-state index in [9.17, 15) is 4.79 Å². The normalized spacial score (nSPS) is 15.8. The van der Waals surface area contributed by atoms with Crippen molar-refractivity contribution in [3.05, 3.63) is 29.8 Å². The van der Waals surface area contributed by atoms with Crippen molar-refractivity contribution in [2.45, 2.75) is 44.8 Å². The van der Waals surface area contributed by atoms with Crippen LogP contribution in [-0.2, 0) is 4.74 Å². The lowest BCUT2D eigenvalue weighted by atomic mass is 9.92. The number of ketones is 1. The number of Topliss-reactive ketones (excluding diaryl/α,β-unsaturated/α-hetero) is 1. The van der Waals surface area contributed by atoms with Gasteiger partial charge in [0.05, 0.1) is 6.10 Å². The number of benzene rings is 1. The van der Waals surface area contributed by atoms with Crippen LogP contribution in [0.2, 0.25) is 0 Å². The minimum atomic E-state index is -0.773. The summed E-state index contributed by atoms with van der Waals surface area (Å²) in [7, 11) is 0. The second kappa shape index (κ2) is 6.37. The molecule has 4 heteroatoms. The summed E-state index contributed by atoms with van der Waals surface area (Å²) in [6.07, 6.45) is 3.55. The van der Waals surface area contributed by atoms with Crippen LogP contribution < -0.4 is 10.5 Å². The quantitative estimate of drug-likeness (QED) is 0.778. The fourth-order valence-corrected chi connectivity index (χ4v) is 2.19. The molecule has 0 aliphatic heterocycles. The fraction of sp³-hybridized carbons (Fsp3) is 0.562. The van der Waals surface area contributed by atoms with Gasteiger partial charge in [0.2, 0.25) is 0 Å². The Morgan fingerprint density at radius 3 is 2.45 bits per heavy atom. The van der Waals surface area contributed by atoms with Crippen molar-refractivity contribution in [2.75, 3.05) is 13.2 Å². The zero-order valence-electron chi connectivity index (χ0n) is 12.2. The Labute approximate surface area is 120 Å². The van der Waals surface area contributed by atoms with Crippen LogP contribution in [0.1, 0.15) is 43.5 Å². The average molecular weight is 277 g/mol. The Kier molecular flexibility index (Phi) is 4.78. The van der Waals surface area contributed by atoms with Gasteiger partial charge in [-0.2, -0.15) is 0 Å². The van der Waals surface area contributed by atoms with Crippen LogP contribution in [0.25, 0.3) is 0 Å². The van der Waals surface area contributed by atoms with Gasteiger partial charge < -0.3 is 15.2 Å². The first-order chi connectivity index (χ1) is 9.53. The van der Waals surface area contributed by atoms with E-state index in [2.05, 4.69) is 0 Å². The molecule has 110 valence electrons. The standard InChI is InChI=1S/C16H23NO3/c1-16(2,20-14-4-3-5-14)15(18)12-6-8-13(9-7-12)19-11-10-17/h6-9,14H,3-5,10-11,17H2,1-2H3. The van der Waals surface area contributed by atoms with Crippen molar-refractivity contribution in [1.29, 1.82) is 0 Å². The molecule has 4 nitrogen and oxygen atoms in total. The summed E-state index contributed by atoms with van der Waals surface area (Å²) in [5.41, 5.74) is 5.26. The first kappa shape index (κ1) is 15.0. The predicted octanol–water partition coefficient (Wildman–Crippen LogP) is 2.55. The van der Waals surface area contributed by atoms with Crippen molar-refractivity contribution in [3.8, 4) is 5.75 Å². The molecule has 0 spiro atoms. The van der Waals surface area contributed by atoms with Crippen molar-refractivity contribution >= 4 is 5.78 Å². The van der Waals surface area contributed by atoms with Gasteiger partial charge in [0.25, 0.3) is 0 Å². The van der Waals surface area contributed by atoms with Crippen LogP contribution in [0.15, 0.2) is 24.3 Å². The third kappa shape index (κ3) is 3.58. The maximum Gasteiger partial charge on any atom is 0.194 e. The van der Waals surface area contributed by atoms with Crippen LogP contribution in [0.3, 0.4) is 0 Å². The molecule has 0 saturated heterocycles. The molecule has 1 fully saturated rings. The van der Waals surface area contributed by atoms with E-state index in [-0.39, 0.29) is 11.9 Å². The van der Waals surface area contributed by atoms with Gasteiger partial charge in [0.1, 0.15) is 18.0 Å². The molecule has 0 amide bonds. The summed E-state index contributed by atoms with van der Waals surface area (Å²) >= 11 is 0. The highest BCUT2D eigenvalue weighted by atomic mass is 16.5. The Morgan fingerprint density at radius 2 is 1.95 bits per heavy atom. The summed E-state index contributed by atoms with van der Waals surface area (Å²) in [6, 6.07) is 7.14. The van der Waals surface area contributed by atoms with Gasteiger partial charge in [-0.3, -0.25) is 4.79 Å². The number of rotatable bonds is 7. The second-order valence-electron chi connectivity index (χ2n) is 5.67. The Balaban J connectivity index is 2.00. The van der Waals surface area contributed by atoms with E-state index in [0.29, 0.717) is 18.7 Å². The van der Waals surface area contributed by atoms with Gasteiger partial charge in [-0.05, 0) is 57.4 Å². The molecule has 1 aliphatic rings. The van der Waals surface area contributed by atoms with Gasteiger partial charge in [-0.1, -0.05) is 0 Å². The largest absolute Gasteiger partial charge is 0.492 e. The van der Waals surface area contributed by atoms with Gasteiger partial charge in [-0.25, -0.2) is 0 Å². The van der Waals surface area contributed by atoms with E-state index in [1.807, 2.05) is 13.8 Å². The van der Waals surface area contributed by atoms with Crippen LogP contribution in [0.5, 0.6) is 5.75 Å². The van der Waals surface area contributed by atoms with Gasteiger partial charge in [0, 0.05) is 12.1 Å². The van der Waals surface area contributed by atoms with E-state index in [0.717, 1.165) is 18.6 Å². The average Bonchev–Trinajstić information content (AvgIpc) is 2.40. The Hall–Kier alpha value is -1.39. The molecule has 0 aromatic heterocycles. The number of carbonyl (C=O) groups is 1. The highest BCUT2D eigenvalue weighted by Gasteiger charge is 2.34. The molecule has 0 heterocycles. The molecule has 1 aromatic carbocycles. The summed E-state index contributed by atoms with van der Waals surface area (Å²) < 4.78 is 11.3. The molecule has 0 bridgehead atoms. The molecule has 0 unspecified atom stereocenters. The van der Waals surface area contributed by atoms with Gasteiger partial charge in [-0.15, -0.1) is 0 Å². The van der Waals surface area contributed by atoms with Crippen molar-refractivity contribution in [1.82, 2.24) is 0 Å². The second-order valence-corrected chi connectivity index (χ2v) is 5.67. The number of carbonyl (C=O) groups excluding carboxylic acids is 1. The van der Waals surface area contributed by atoms with Gasteiger partial charge >= 0.3 is 0 Å². The van der Waals surface area contributed by atoms with Crippen LogP contribution in [-0.4, -0.2) is 30.6 Å². The highest BCUT2D eigenvalue weighted by molar-refractivity contribution is 6.02. The van der Waals surface area contributed by atoms with E-state index >= 15 is 0 Å². The molecule has 20 heavy (non-hydrogen) atoms. The number of hydrogen-bond acceptors (Lipinski definition) is 4. The van der Waals surface area contributed by atoms with Gasteiger partial charge in [0.15, 0.2) is 5.78 Å². The molecular formula is C16H23NO3. The minimum absolute atomic E-state index is 0.00905. The summed E-state index contributed by atoms with van der Waals surface area (Å²) in [4.78, 5) is 12.5. The molecule has 1 saturated carbocycles. The lowest BCUT2D eigenvalue weighted by molar-refractivity contribution is -0.0809. The van der Waals surface area contributed by atoms with E-state index in [1.54, 1.807) is 24.3 Å². The zero-order chi connectivity index (χ0) is 14.6. The lowest BCUT2D eigenvalue weighted by Gasteiger charge is -2.34. The summed E-state index contributed by atoms with van der Waals surface area (Å²) in [5.74, 6) is 0.736. The predicted molar refractivity (Wildman–Crippen MR) is 78.1 cm³/mol. The van der Waals surface area contributed by atoms with E-state index in [4.69, 9.17) is 15.2 Å². The maximum atomic E-state index is 12.5. The first-order valence-electron chi connectivity index (χ1n) is 7.18. The van der Waals surface area contributed by atoms with Crippen molar-refractivity contribution in [2.24, 2.45) is 5.73 Å². The molecule has 0 atom stereocenters. The topological polar surface area (TPSA) is 61.5 Å². The van der Waals surface area contributed by atoms with Crippen LogP contribution in [0.4, 0.5) is 0 Å². The summed E-state index contributed by atoms with van der Waals surface area (Å²) in [5, 5.41) is 0. The van der Waals surface area contributed by atoms with Crippen molar-refractivity contribution < 1.29 is 14.3 Å². The molecular weight excluding hydrogens is 254 g/mol. The zero-order valence-corrected chi connectivity index (χ0v) is 12.2. The first-order valence-corrected chi connectivity index (χ1v) is 7.18. The third-order valence-corrected chi connectivity index (χ3v) is 3.56. The summed E-state index contributed by atoms with van der Waals surface area (Å²) in [6.45, 7) is 4.63. The maximum absolute atomic E-state index is 12.5. The third-order valence-electron chi connectivity index (χ3n) is 3.56. The van der Waals surface area contributed by atoms with Crippen LogP contribution >= 0.6 is 0 Å². The highest BCUT2D eigenvalue weighted by Crippen LogP contribution is 2.29. The van der Waals surface area contributed by atoms with Crippen molar-refractivity contribution in [3.63, 3.8) is 0 Å². The molecule has 2 rings (SSSR count). The lowest BCUT2D eigenvalue weighted by Crippen LogP contribution is -2.41. The Morgan fingerprint density at radius 1 is 1.30 bits per heavy atom. The molecule has 2 N–H and O–H groups in total. The van der Waals surface area contributed by atoms with E-state index < -0.39 is 5.60 Å². The van der Waals surface area contributed by atoms with Crippen LogP contribution in [0, 0.1) is 0 Å².